The highest BCUT2D eigenvalue weighted by molar-refractivity contribution is 14.1. The van der Waals surface area contributed by atoms with Gasteiger partial charge in [-0.1, -0.05) is 20.8 Å². The molecule has 550 valence electrons. The van der Waals surface area contributed by atoms with Gasteiger partial charge < -0.3 is 86.0 Å². The summed E-state index contributed by atoms with van der Waals surface area (Å²) in [4.78, 5) is 161. The molecule has 3 rings (SSSR count). The zero-order valence-corrected chi connectivity index (χ0v) is 74.3. The molecule has 0 bridgehead atoms. The molecule has 30 nitrogen and oxygen atoms in total. The number of aliphatic hydroxyl groups excluding tert-OH is 6. The highest BCUT2D eigenvalue weighted by Gasteiger charge is 2.34. The molecule has 0 saturated heterocycles. The first-order valence-corrected chi connectivity index (χ1v) is 39.0. The molecule has 0 radical (unpaired) electrons. The smallest absolute Gasteiger partial charge is 0.303 e. The van der Waals surface area contributed by atoms with Crippen LogP contribution in [0, 0.1) is 32.1 Å². The maximum Gasteiger partial charge on any atom is 0.303 e. The van der Waals surface area contributed by atoms with Crippen molar-refractivity contribution in [2.75, 3.05) is 89.3 Å². The standard InChI is InChI=1S/C22H28I3N3O9.C19H25I3N2O7.C18H18ClI3N2O7/c1-5-14(33)27-20-18(24)15(21(34)26-6-13(37-11(3)31)9-36-10(2)30)17(23)16(19(20)25)22(35)28(4)7-12(32)8-29;1-3-12(30)23-18-16(21)13(11(29)5-4-9(27)7-25)15(20)14(17(18)22)19(31)24(2)6-10(28)8-26;1-4-10(27)24-16-14(21)11(17(19)28)13(20)12(15(16)22)18(29)23-5-9(31-8(3)26)6-30-7(2)25/h12-13,29,32H,5-9H2,1-4H3,(H,26,34)(H,27,33);9-10,25-28H,3-8H2,1-2H3,(H,23,30);9H,4-6H2,1-3H3,(H,23,29)(H,24,27). The van der Waals surface area contributed by atoms with E-state index in [9.17, 15) is 77.6 Å². The molecule has 11 N–H and O–H groups in total. The summed E-state index contributed by atoms with van der Waals surface area (Å²) in [6, 6.07) is 0. The van der Waals surface area contributed by atoms with Crippen molar-refractivity contribution in [3.63, 3.8) is 0 Å². The lowest BCUT2D eigenvalue weighted by molar-refractivity contribution is -0.155. The third-order valence-corrected chi connectivity index (χ3v) is 22.6. The number of Topliss-reactive ketones (excluding diaryl/α,β-unsaturated/α-hetero) is 1. The molecule has 0 fully saturated rings. The summed E-state index contributed by atoms with van der Waals surface area (Å²) in [6.07, 6.45) is -4.60. The van der Waals surface area contributed by atoms with Crippen molar-refractivity contribution >= 4 is 308 Å². The summed E-state index contributed by atoms with van der Waals surface area (Å²) in [5.41, 5.74) is 1.82. The third kappa shape index (κ3) is 30.3. The van der Waals surface area contributed by atoms with E-state index in [0.717, 1.165) is 0 Å². The van der Waals surface area contributed by atoms with Crippen LogP contribution in [0.5, 0.6) is 0 Å². The van der Waals surface area contributed by atoms with Gasteiger partial charge in [0.05, 0.1) is 114 Å². The predicted octanol–water partition coefficient (Wildman–Crippen LogP) is 6.54. The second-order valence-corrected chi connectivity index (χ2v) is 30.6. The maximum absolute atomic E-state index is 13.3. The van der Waals surface area contributed by atoms with Crippen LogP contribution in [0.2, 0.25) is 0 Å². The average Bonchev–Trinajstić information content (AvgIpc) is 0.778. The van der Waals surface area contributed by atoms with Crippen molar-refractivity contribution < 1.29 is 112 Å². The highest BCUT2D eigenvalue weighted by atomic mass is 127. The van der Waals surface area contributed by atoms with E-state index in [2.05, 4.69) is 26.6 Å². The molecule has 0 aliphatic heterocycles. The molecule has 3 aromatic carbocycles. The minimum absolute atomic E-state index is 0.0516. The number of hydrogen-bond acceptors (Lipinski definition) is 23. The molecule has 5 unspecified atom stereocenters. The number of hydrogen-bond donors (Lipinski definition) is 11. The van der Waals surface area contributed by atoms with Crippen molar-refractivity contribution in [1.82, 2.24) is 20.4 Å². The number of anilines is 3. The van der Waals surface area contributed by atoms with E-state index < -0.39 is 103 Å². The molecule has 0 heterocycles. The van der Waals surface area contributed by atoms with E-state index >= 15 is 0 Å². The number of carbonyl (C=O) groups excluding carboxylic acids is 13. The first kappa shape index (κ1) is 94.8. The van der Waals surface area contributed by atoms with Crippen LogP contribution in [0.3, 0.4) is 0 Å². The first-order valence-electron chi connectivity index (χ1n) is 28.9. The van der Waals surface area contributed by atoms with Crippen LogP contribution in [0.1, 0.15) is 143 Å². The van der Waals surface area contributed by atoms with Gasteiger partial charge in [-0.25, -0.2) is 0 Å². The lowest BCUT2D eigenvalue weighted by atomic mass is 10.0. The minimum Gasteiger partial charge on any atom is -0.462 e. The second kappa shape index (κ2) is 47.4. The van der Waals surface area contributed by atoms with Gasteiger partial charge in [0, 0.05) is 100 Å². The SMILES string of the molecule is CCC(=O)Nc1c(I)c(C(=O)CCC(O)CO)c(I)c(C(=O)N(C)CC(O)CO)c1I.CCC(=O)Nc1c(I)c(C(=O)Cl)c(I)c(C(=O)NCC(COC(C)=O)OC(C)=O)c1I.CCC(=O)Nc1c(I)c(C(=O)NCC(COC(C)=O)OC(C)=O)c(I)c(C(=O)N(C)CC(O)CO)c1I. The van der Waals surface area contributed by atoms with Gasteiger partial charge in [-0.05, 0) is 221 Å². The third-order valence-electron chi connectivity index (χ3n) is 12.7. The number of aliphatic hydroxyl groups is 6. The van der Waals surface area contributed by atoms with Crippen LogP contribution in [0.15, 0.2) is 0 Å². The van der Waals surface area contributed by atoms with Crippen molar-refractivity contribution in [2.45, 2.75) is 111 Å². The molecule has 0 aromatic heterocycles. The van der Waals surface area contributed by atoms with Gasteiger partial charge >= 0.3 is 23.9 Å². The summed E-state index contributed by atoms with van der Waals surface area (Å²) in [6.45, 7) is 7.14. The van der Waals surface area contributed by atoms with Gasteiger partial charge in [0.1, 0.15) is 13.2 Å². The molecule has 0 aliphatic rings. The Morgan fingerprint density at radius 1 is 0.434 bits per heavy atom. The fourth-order valence-corrected chi connectivity index (χ4v) is 21.6. The normalized spacial score (nSPS) is 12.2. The van der Waals surface area contributed by atoms with Crippen LogP contribution < -0.4 is 26.6 Å². The Hall–Kier alpha value is -2.21. The van der Waals surface area contributed by atoms with Gasteiger partial charge in [-0.3, -0.25) is 62.3 Å². The monoisotopic (exact) mass is 2420 g/mol. The number of carbonyl (C=O) groups is 13. The van der Waals surface area contributed by atoms with Crippen LogP contribution in [0.25, 0.3) is 0 Å². The molecule has 5 atom stereocenters. The zero-order valence-electron chi connectivity index (χ0n) is 54.1. The number of nitrogens with one attached hydrogen (secondary N) is 5. The number of amides is 7. The molecular weight excluding hydrogens is 2350 g/mol. The number of nitrogens with zero attached hydrogens (tertiary/aromatic N) is 2. The quantitative estimate of drug-likeness (QED) is 0.0104. The molecule has 0 saturated carbocycles. The van der Waals surface area contributed by atoms with E-state index in [4.69, 9.17) is 45.9 Å². The second-order valence-electron chi connectivity index (χ2n) is 20.5. The summed E-state index contributed by atoms with van der Waals surface area (Å²) < 4.78 is 23.4. The van der Waals surface area contributed by atoms with E-state index in [1.165, 1.54) is 51.6 Å². The van der Waals surface area contributed by atoms with Gasteiger partial charge in [-0.2, -0.15) is 0 Å². The number of ether oxygens (including phenoxy) is 4. The Kier molecular flexibility index (Phi) is 45.4. The van der Waals surface area contributed by atoms with Gasteiger partial charge in [0.15, 0.2) is 18.0 Å². The fraction of sp³-hybridized carbons (Fsp3) is 0.475. The van der Waals surface area contributed by atoms with Crippen molar-refractivity contribution in [1.29, 1.82) is 0 Å². The summed E-state index contributed by atoms with van der Waals surface area (Å²) >= 11 is 22.9. The Morgan fingerprint density at radius 2 is 0.727 bits per heavy atom. The molecule has 0 aliphatic carbocycles. The van der Waals surface area contributed by atoms with E-state index in [-0.39, 0.29) is 138 Å². The maximum atomic E-state index is 13.3. The van der Waals surface area contributed by atoms with Gasteiger partial charge in [0.25, 0.3) is 28.9 Å². The van der Waals surface area contributed by atoms with Gasteiger partial charge in [-0.15, -0.1) is 0 Å². The number of likely N-dealkylation sites (N-methyl/N-ethyl adjacent to an activating group) is 2. The van der Waals surface area contributed by atoms with Crippen LogP contribution in [0.4, 0.5) is 17.1 Å². The Labute approximate surface area is 697 Å². The minimum atomic E-state index is -1.16. The van der Waals surface area contributed by atoms with Crippen LogP contribution >= 0.6 is 215 Å². The fourth-order valence-electron chi connectivity index (χ4n) is 7.75. The van der Waals surface area contributed by atoms with Gasteiger partial charge in [0.2, 0.25) is 17.7 Å². The highest BCUT2D eigenvalue weighted by Crippen LogP contribution is 2.40. The molecule has 99 heavy (non-hydrogen) atoms. The van der Waals surface area contributed by atoms with Crippen molar-refractivity contribution in [3.8, 4) is 0 Å². The number of ketones is 1. The van der Waals surface area contributed by atoms with Crippen LogP contribution in [-0.2, 0) is 52.5 Å². The summed E-state index contributed by atoms with van der Waals surface area (Å²) in [5, 5.41) is 68.9. The van der Waals surface area contributed by atoms with E-state index in [1.807, 2.05) is 203 Å². The lowest BCUT2D eigenvalue weighted by Crippen LogP contribution is -2.39. The number of benzene rings is 3. The Bertz CT molecular complexity index is 3520. The van der Waals surface area contributed by atoms with E-state index in [1.54, 1.807) is 20.8 Å². The predicted molar refractivity (Wildman–Crippen MR) is 437 cm³/mol. The Morgan fingerprint density at radius 3 is 1.02 bits per heavy atom. The number of rotatable bonds is 32. The first-order chi connectivity index (χ1) is 46.1. The number of halogens is 10. The Balaban J connectivity index is 0.000000747. The lowest BCUT2D eigenvalue weighted by Gasteiger charge is -2.24. The summed E-state index contributed by atoms with van der Waals surface area (Å²) in [5.74, 6) is -5.85. The molecule has 7 amide bonds. The average molecular weight is 2420 g/mol. The topological polar surface area (TPSA) is 447 Å². The zero-order chi connectivity index (χ0) is 76.2. The van der Waals surface area contributed by atoms with E-state index in [0.29, 0.717) is 39.9 Å². The molecular formula is C59H71ClI9N7O23. The van der Waals surface area contributed by atoms with Crippen molar-refractivity contribution in [3.05, 3.63) is 65.5 Å². The number of esters is 4. The molecule has 40 heteroatoms. The summed E-state index contributed by atoms with van der Waals surface area (Å²) in [7, 11) is 2.91. The largest absolute Gasteiger partial charge is 0.462 e. The van der Waals surface area contributed by atoms with Crippen LogP contribution in [-0.4, -0.2) is 221 Å². The molecule has 0 spiro atoms. The van der Waals surface area contributed by atoms with Crippen molar-refractivity contribution in [2.24, 2.45) is 0 Å². The molecule has 3 aromatic rings.